The van der Waals surface area contributed by atoms with Gasteiger partial charge in [-0.2, -0.15) is 5.10 Å². The number of carbonyl (C=O) groups excluding carboxylic acids is 2. The van der Waals surface area contributed by atoms with Crippen LogP contribution in [0.1, 0.15) is 20.8 Å². The minimum absolute atomic E-state index is 0.305. The van der Waals surface area contributed by atoms with Gasteiger partial charge in [0.05, 0.1) is 13.3 Å². The van der Waals surface area contributed by atoms with Gasteiger partial charge in [0.15, 0.2) is 5.82 Å². The fourth-order valence-electron chi connectivity index (χ4n) is 1.24. The number of hydrogen-bond acceptors (Lipinski definition) is 5. The lowest BCUT2D eigenvalue weighted by Crippen LogP contribution is -2.28. The summed E-state index contributed by atoms with van der Waals surface area (Å²) in [4.78, 5) is 22.8. The molecule has 0 aromatic carbocycles. The number of methoxy groups -OCH3 is 1. The van der Waals surface area contributed by atoms with Crippen molar-refractivity contribution in [2.24, 2.45) is 7.05 Å². The average Bonchev–Trinajstić information content (AvgIpc) is 2.58. The van der Waals surface area contributed by atoms with E-state index in [1.54, 1.807) is 27.8 Å². The highest BCUT2D eigenvalue weighted by Gasteiger charge is 2.19. The summed E-state index contributed by atoms with van der Waals surface area (Å²) in [5.74, 6) is 0.305. The number of amides is 2. The molecule has 8 heteroatoms. The molecule has 0 radical (unpaired) electrons. The Morgan fingerprint density at radius 3 is 2.42 bits per heavy atom. The molecule has 8 nitrogen and oxygen atoms in total. The molecule has 1 aromatic heterocycles. The quantitative estimate of drug-likeness (QED) is 0.856. The Morgan fingerprint density at radius 1 is 1.26 bits per heavy atom. The van der Waals surface area contributed by atoms with E-state index in [2.05, 4.69) is 20.5 Å². The van der Waals surface area contributed by atoms with Gasteiger partial charge in [-0.15, -0.1) is 0 Å². The van der Waals surface area contributed by atoms with E-state index in [1.807, 2.05) is 0 Å². The zero-order valence-electron chi connectivity index (χ0n) is 11.6. The van der Waals surface area contributed by atoms with Gasteiger partial charge >= 0.3 is 12.2 Å². The van der Waals surface area contributed by atoms with E-state index in [0.717, 1.165) is 0 Å². The van der Waals surface area contributed by atoms with Crippen LogP contribution in [-0.2, 0) is 16.5 Å². The van der Waals surface area contributed by atoms with E-state index in [0.29, 0.717) is 11.5 Å². The molecule has 0 spiro atoms. The molecule has 0 aliphatic carbocycles. The fourth-order valence-corrected chi connectivity index (χ4v) is 1.24. The van der Waals surface area contributed by atoms with Crippen LogP contribution < -0.4 is 10.6 Å². The molecule has 19 heavy (non-hydrogen) atoms. The molecule has 0 saturated carbocycles. The number of rotatable bonds is 2. The van der Waals surface area contributed by atoms with Crippen LogP contribution in [0.15, 0.2) is 6.20 Å². The van der Waals surface area contributed by atoms with Crippen LogP contribution in [-0.4, -0.2) is 34.7 Å². The number of anilines is 2. The van der Waals surface area contributed by atoms with Crippen molar-refractivity contribution in [3.63, 3.8) is 0 Å². The van der Waals surface area contributed by atoms with Crippen LogP contribution in [0.4, 0.5) is 21.1 Å². The van der Waals surface area contributed by atoms with Crippen molar-refractivity contribution in [1.29, 1.82) is 0 Å². The molecule has 106 valence electrons. The number of aryl methyl sites for hydroxylation is 1. The van der Waals surface area contributed by atoms with Crippen LogP contribution >= 0.6 is 0 Å². The lowest BCUT2D eigenvalue weighted by Gasteiger charge is -2.20. The summed E-state index contributed by atoms with van der Waals surface area (Å²) in [7, 11) is 2.86. The highest BCUT2D eigenvalue weighted by molar-refractivity contribution is 5.93. The molecule has 0 saturated heterocycles. The zero-order chi connectivity index (χ0) is 14.6. The Hall–Kier alpha value is -2.25. The van der Waals surface area contributed by atoms with Gasteiger partial charge in [0.25, 0.3) is 0 Å². The summed E-state index contributed by atoms with van der Waals surface area (Å²) >= 11 is 0. The maximum absolute atomic E-state index is 11.7. The summed E-state index contributed by atoms with van der Waals surface area (Å²) in [6.45, 7) is 5.26. The van der Waals surface area contributed by atoms with Crippen molar-refractivity contribution in [3.8, 4) is 0 Å². The summed E-state index contributed by atoms with van der Waals surface area (Å²) in [6.07, 6.45) is 0.105. The first-order valence-corrected chi connectivity index (χ1v) is 5.60. The van der Waals surface area contributed by atoms with E-state index in [-0.39, 0.29) is 0 Å². The highest BCUT2D eigenvalue weighted by atomic mass is 16.6. The molecule has 1 rings (SSSR count). The Labute approximate surface area is 111 Å². The van der Waals surface area contributed by atoms with Gasteiger partial charge in [-0.1, -0.05) is 0 Å². The lowest BCUT2D eigenvalue weighted by atomic mass is 10.2. The number of nitrogens with zero attached hydrogens (tertiary/aromatic N) is 2. The Morgan fingerprint density at radius 2 is 1.89 bits per heavy atom. The third-order valence-electron chi connectivity index (χ3n) is 1.98. The SMILES string of the molecule is COC(=O)Nc1cnn(C)c1NC(=O)OC(C)(C)C. The lowest BCUT2D eigenvalue weighted by molar-refractivity contribution is 0.0634. The topological polar surface area (TPSA) is 94.5 Å². The highest BCUT2D eigenvalue weighted by Crippen LogP contribution is 2.21. The van der Waals surface area contributed by atoms with Gasteiger partial charge in [0.1, 0.15) is 11.3 Å². The fraction of sp³-hybridized carbons (Fsp3) is 0.545. The smallest absolute Gasteiger partial charge is 0.413 e. The van der Waals surface area contributed by atoms with Crippen molar-refractivity contribution in [2.45, 2.75) is 26.4 Å². The summed E-state index contributed by atoms with van der Waals surface area (Å²) in [6, 6.07) is 0. The summed E-state index contributed by atoms with van der Waals surface area (Å²) in [5.41, 5.74) is -0.293. The van der Waals surface area contributed by atoms with Gasteiger partial charge in [-0.25, -0.2) is 9.59 Å². The monoisotopic (exact) mass is 270 g/mol. The molecule has 2 N–H and O–H groups in total. The third kappa shape index (κ3) is 4.49. The first-order valence-electron chi connectivity index (χ1n) is 5.60. The number of aromatic nitrogens is 2. The minimum Gasteiger partial charge on any atom is -0.453 e. The van der Waals surface area contributed by atoms with Crippen LogP contribution in [0.2, 0.25) is 0 Å². The first-order chi connectivity index (χ1) is 8.73. The number of nitrogens with one attached hydrogen (secondary N) is 2. The molecule has 0 fully saturated rings. The van der Waals surface area contributed by atoms with Gasteiger partial charge in [0.2, 0.25) is 0 Å². The standard InChI is InChI=1S/C11H18N4O4/c1-11(2,3)19-10(17)14-8-7(6-12-15(8)4)13-9(16)18-5/h6H,1-5H3,(H,13,16)(H,14,17). The molecule has 0 unspecified atom stereocenters. The Balaban J connectivity index is 2.80. The largest absolute Gasteiger partial charge is 0.453 e. The van der Waals surface area contributed by atoms with E-state index in [9.17, 15) is 9.59 Å². The zero-order valence-corrected chi connectivity index (χ0v) is 11.6. The van der Waals surface area contributed by atoms with Gasteiger partial charge < -0.3 is 9.47 Å². The molecule has 1 heterocycles. The van der Waals surface area contributed by atoms with Crippen molar-refractivity contribution in [2.75, 3.05) is 17.7 Å². The normalized spacial score (nSPS) is 10.8. The van der Waals surface area contributed by atoms with Gasteiger partial charge in [-0.05, 0) is 20.8 Å². The van der Waals surface area contributed by atoms with Crippen LogP contribution in [0.5, 0.6) is 0 Å². The molecule has 0 bridgehead atoms. The molecule has 0 aliphatic heterocycles. The van der Waals surface area contributed by atoms with E-state index in [4.69, 9.17) is 4.74 Å². The Bertz CT molecular complexity index is 476. The van der Waals surface area contributed by atoms with Crippen molar-refractivity contribution < 1.29 is 19.1 Å². The molecule has 0 aliphatic rings. The number of hydrogen-bond donors (Lipinski definition) is 2. The number of ether oxygens (including phenoxy) is 2. The van der Waals surface area contributed by atoms with Crippen molar-refractivity contribution >= 4 is 23.7 Å². The third-order valence-corrected chi connectivity index (χ3v) is 1.98. The maximum Gasteiger partial charge on any atom is 0.413 e. The second kappa shape index (κ2) is 5.59. The Kier molecular flexibility index (Phi) is 4.36. The van der Waals surface area contributed by atoms with Crippen molar-refractivity contribution in [1.82, 2.24) is 9.78 Å². The molecular formula is C11H18N4O4. The second-order valence-corrected chi connectivity index (χ2v) is 4.77. The minimum atomic E-state index is -0.653. The second-order valence-electron chi connectivity index (χ2n) is 4.77. The first kappa shape index (κ1) is 14.8. The molecule has 0 atom stereocenters. The average molecular weight is 270 g/mol. The van der Waals surface area contributed by atoms with Crippen LogP contribution in [0.3, 0.4) is 0 Å². The molecule has 1 aromatic rings. The predicted molar refractivity (Wildman–Crippen MR) is 69.1 cm³/mol. The van der Waals surface area contributed by atoms with E-state index >= 15 is 0 Å². The van der Waals surface area contributed by atoms with Gasteiger partial charge in [-0.3, -0.25) is 15.3 Å². The number of carbonyl (C=O) groups is 2. The molecular weight excluding hydrogens is 252 g/mol. The van der Waals surface area contributed by atoms with Crippen LogP contribution in [0, 0.1) is 0 Å². The maximum atomic E-state index is 11.7. The summed E-state index contributed by atoms with van der Waals surface area (Å²) < 4.78 is 11.0. The van der Waals surface area contributed by atoms with Gasteiger partial charge in [0, 0.05) is 7.05 Å². The summed E-state index contributed by atoms with van der Waals surface area (Å²) in [5, 5.41) is 8.88. The van der Waals surface area contributed by atoms with Crippen LogP contribution in [0.25, 0.3) is 0 Å². The van der Waals surface area contributed by atoms with E-state index in [1.165, 1.54) is 18.0 Å². The van der Waals surface area contributed by atoms with Crippen molar-refractivity contribution in [3.05, 3.63) is 6.20 Å². The van der Waals surface area contributed by atoms with E-state index < -0.39 is 17.8 Å². The predicted octanol–water partition coefficient (Wildman–Crippen LogP) is 1.95. The molecule has 2 amide bonds.